The summed E-state index contributed by atoms with van der Waals surface area (Å²) in [6.45, 7) is 4.95. The average Bonchev–Trinajstić information content (AvgIpc) is 2.50. The van der Waals surface area contributed by atoms with Crippen LogP contribution in [0.2, 0.25) is 0 Å². The smallest absolute Gasteiger partial charge is 0.305 e. The number of aliphatic hydroxyl groups excluding tert-OH is 2. The Bertz CT molecular complexity index is 1600. The van der Waals surface area contributed by atoms with Gasteiger partial charge in [-0.25, -0.2) is 0 Å². The van der Waals surface area contributed by atoms with Crippen LogP contribution >= 0.6 is 0 Å². The molecule has 0 saturated heterocycles. The zero-order valence-electron chi connectivity index (χ0n) is 65.1. The van der Waals surface area contributed by atoms with Crippen LogP contribution in [0.4, 0.5) is 0 Å². The first-order valence-corrected chi connectivity index (χ1v) is 43.9. The molecule has 0 aromatic carbocycles. The van der Waals surface area contributed by atoms with Crippen LogP contribution in [0.1, 0.15) is 489 Å². The Morgan fingerprint density at radius 2 is 0.521 bits per heavy atom. The van der Waals surface area contributed by atoms with Crippen LogP contribution in [0.25, 0.3) is 0 Å². The second-order valence-corrected chi connectivity index (χ2v) is 30.2. The van der Waals surface area contributed by atoms with Gasteiger partial charge in [-0.2, -0.15) is 0 Å². The van der Waals surface area contributed by atoms with Crippen molar-refractivity contribution in [2.45, 2.75) is 501 Å². The zero-order chi connectivity index (χ0) is 69.1. The van der Waals surface area contributed by atoms with Crippen molar-refractivity contribution in [3.05, 3.63) is 48.6 Å². The fraction of sp³-hybridized carbons (Fsp3) is 0.889. The Morgan fingerprint density at radius 3 is 0.802 bits per heavy atom. The lowest BCUT2D eigenvalue weighted by Gasteiger charge is -2.20. The Balaban J connectivity index is 3.38. The van der Waals surface area contributed by atoms with Crippen LogP contribution in [-0.4, -0.2) is 47.4 Å². The molecule has 0 radical (unpaired) electrons. The van der Waals surface area contributed by atoms with E-state index < -0.39 is 12.1 Å². The largest absolute Gasteiger partial charge is 0.466 e. The molecule has 566 valence electrons. The van der Waals surface area contributed by atoms with E-state index in [9.17, 15) is 19.8 Å². The molecule has 6 heteroatoms. The van der Waals surface area contributed by atoms with Crippen molar-refractivity contribution in [2.24, 2.45) is 0 Å². The van der Waals surface area contributed by atoms with Crippen molar-refractivity contribution in [1.29, 1.82) is 0 Å². The van der Waals surface area contributed by atoms with Gasteiger partial charge in [0.1, 0.15) is 0 Å². The molecule has 0 spiro atoms. The number of carbonyl (C=O) groups excluding carboxylic acids is 2. The Morgan fingerprint density at radius 1 is 0.292 bits per heavy atom. The van der Waals surface area contributed by atoms with Gasteiger partial charge in [0.2, 0.25) is 5.91 Å². The third kappa shape index (κ3) is 80.8. The number of carbonyl (C=O) groups is 2. The fourth-order valence-electron chi connectivity index (χ4n) is 13.9. The minimum Gasteiger partial charge on any atom is -0.466 e. The van der Waals surface area contributed by atoms with Crippen LogP contribution < -0.4 is 5.32 Å². The van der Waals surface area contributed by atoms with Crippen LogP contribution in [0, 0.1) is 0 Å². The summed E-state index contributed by atoms with van der Waals surface area (Å²) < 4.78 is 5.50. The first kappa shape index (κ1) is 93.8. The summed E-state index contributed by atoms with van der Waals surface area (Å²) in [7, 11) is 0. The molecule has 0 heterocycles. The molecule has 2 atom stereocenters. The number of aliphatic hydroxyl groups is 2. The summed E-state index contributed by atoms with van der Waals surface area (Å²) in [6, 6.07) is -0.628. The van der Waals surface area contributed by atoms with E-state index in [1.54, 1.807) is 6.08 Å². The van der Waals surface area contributed by atoms with Gasteiger partial charge < -0.3 is 20.3 Å². The average molecular weight is 1350 g/mol. The molecular formula is C90H171NO5. The molecular weight excluding hydrogens is 1170 g/mol. The van der Waals surface area contributed by atoms with Crippen LogP contribution in [0.15, 0.2) is 48.6 Å². The van der Waals surface area contributed by atoms with Crippen molar-refractivity contribution >= 4 is 11.9 Å². The number of amides is 1. The molecule has 96 heavy (non-hydrogen) atoms. The van der Waals surface area contributed by atoms with Crippen LogP contribution in [0.5, 0.6) is 0 Å². The molecule has 0 aromatic rings. The van der Waals surface area contributed by atoms with Gasteiger partial charge in [-0.1, -0.05) is 435 Å². The van der Waals surface area contributed by atoms with E-state index in [1.807, 2.05) is 6.08 Å². The Kier molecular flexibility index (Phi) is 83.3. The van der Waals surface area contributed by atoms with Crippen molar-refractivity contribution in [2.75, 3.05) is 13.2 Å². The van der Waals surface area contributed by atoms with Crippen molar-refractivity contribution < 1.29 is 24.5 Å². The summed E-state index contributed by atoms with van der Waals surface area (Å²) in [5.41, 5.74) is 0. The molecule has 0 aliphatic carbocycles. The van der Waals surface area contributed by atoms with E-state index in [2.05, 4.69) is 55.6 Å². The maximum Gasteiger partial charge on any atom is 0.305 e. The number of allylic oxidation sites excluding steroid dienone is 7. The van der Waals surface area contributed by atoms with E-state index in [0.717, 1.165) is 51.4 Å². The highest BCUT2D eigenvalue weighted by Gasteiger charge is 2.18. The van der Waals surface area contributed by atoms with Gasteiger partial charge in [-0.3, -0.25) is 9.59 Å². The Labute approximate surface area is 601 Å². The second-order valence-electron chi connectivity index (χ2n) is 30.2. The van der Waals surface area contributed by atoms with Crippen molar-refractivity contribution in [1.82, 2.24) is 5.32 Å². The maximum atomic E-state index is 12.6. The van der Waals surface area contributed by atoms with Gasteiger partial charge in [-0.15, -0.1) is 0 Å². The first-order valence-electron chi connectivity index (χ1n) is 43.9. The van der Waals surface area contributed by atoms with E-state index >= 15 is 0 Å². The molecule has 1 amide bonds. The minimum absolute atomic E-state index is 0.0129. The quantitative estimate of drug-likeness (QED) is 0.0320. The van der Waals surface area contributed by atoms with Gasteiger partial charge in [0, 0.05) is 12.8 Å². The van der Waals surface area contributed by atoms with Gasteiger partial charge in [0.15, 0.2) is 0 Å². The molecule has 0 fully saturated rings. The number of hydrogen-bond acceptors (Lipinski definition) is 5. The predicted octanol–water partition coefficient (Wildman–Crippen LogP) is 29.5. The third-order valence-electron chi connectivity index (χ3n) is 20.6. The lowest BCUT2D eigenvalue weighted by molar-refractivity contribution is -0.143. The van der Waals surface area contributed by atoms with E-state index in [-0.39, 0.29) is 18.5 Å². The summed E-state index contributed by atoms with van der Waals surface area (Å²) in [4.78, 5) is 24.7. The lowest BCUT2D eigenvalue weighted by atomic mass is 10.0. The lowest BCUT2D eigenvalue weighted by Crippen LogP contribution is -2.45. The van der Waals surface area contributed by atoms with Gasteiger partial charge in [0.05, 0.1) is 25.4 Å². The monoisotopic (exact) mass is 1350 g/mol. The number of unbranched alkanes of at least 4 members (excludes halogenated alkanes) is 66. The number of rotatable bonds is 83. The zero-order valence-corrected chi connectivity index (χ0v) is 65.1. The van der Waals surface area contributed by atoms with Gasteiger partial charge >= 0.3 is 5.97 Å². The van der Waals surface area contributed by atoms with Crippen molar-refractivity contribution in [3.8, 4) is 0 Å². The molecule has 0 aliphatic rings. The first-order chi connectivity index (χ1) is 47.5. The minimum atomic E-state index is -0.845. The molecule has 0 aromatic heterocycles. The summed E-state index contributed by atoms with van der Waals surface area (Å²) >= 11 is 0. The van der Waals surface area contributed by atoms with Crippen LogP contribution in [-0.2, 0) is 14.3 Å². The molecule has 0 saturated carbocycles. The number of hydrogen-bond donors (Lipinski definition) is 3. The van der Waals surface area contributed by atoms with Gasteiger partial charge in [-0.05, 0) is 89.9 Å². The van der Waals surface area contributed by atoms with Crippen LogP contribution in [0.3, 0.4) is 0 Å². The highest BCUT2D eigenvalue weighted by molar-refractivity contribution is 5.76. The summed E-state index contributed by atoms with van der Waals surface area (Å²) in [5, 5.41) is 23.3. The Hall–Kier alpha value is -2.18. The normalized spacial score (nSPS) is 12.7. The SMILES string of the molecule is CCCCCCCC/C=C\CCCCCCCC(=O)OCCCCCCCCCCCCCCCCC/C=C\C/C=C\CCCCCCCCCCCCCCCCCCCC(=O)NC(CO)C(O)/C=C/CCCCCCCCCCCCCCCCCCCCCCCCC. The summed E-state index contributed by atoms with van der Waals surface area (Å²) in [6.07, 6.45) is 114. The molecule has 6 nitrogen and oxygen atoms in total. The van der Waals surface area contributed by atoms with Crippen molar-refractivity contribution in [3.63, 3.8) is 0 Å². The predicted molar refractivity (Wildman–Crippen MR) is 426 cm³/mol. The standard InChI is InChI=1S/C90H171NO5/c1-3-5-7-9-11-13-15-17-19-20-21-22-23-39-42-45-48-51-55-58-62-66-70-74-78-82-88(93)87(86-92)91-89(94)83-79-75-71-67-63-59-56-52-49-46-43-40-37-35-33-31-29-27-25-24-26-28-30-32-34-36-38-41-44-47-50-53-57-61-65-69-73-77-81-85-96-90(95)84-80-76-72-68-64-60-54-18-16-14-12-10-8-6-4-2/h18,24-25,28,30,54,78,82,87-88,92-93H,3-17,19-23,26-27,29,31-53,55-77,79-81,83-86H2,1-2H3,(H,91,94)/b25-24-,30-28-,54-18-,82-78+. The molecule has 0 aliphatic heterocycles. The van der Waals surface area contributed by atoms with E-state index in [1.165, 1.54) is 411 Å². The number of esters is 1. The van der Waals surface area contributed by atoms with E-state index in [0.29, 0.717) is 19.4 Å². The molecule has 3 N–H and O–H groups in total. The molecule has 0 bridgehead atoms. The topological polar surface area (TPSA) is 95.9 Å². The highest BCUT2D eigenvalue weighted by atomic mass is 16.5. The number of nitrogens with one attached hydrogen (secondary N) is 1. The highest BCUT2D eigenvalue weighted by Crippen LogP contribution is 2.20. The fourth-order valence-corrected chi connectivity index (χ4v) is 13.9. The molecule has 2 unspecified atom stereocenters. The maximum absolute atomic E-state index is 12.6. The molecule has 0 rings (SSSR count). The third-order valence-corrected chi connectivity index (χ3v) is 20.6. The van der Waals surface area contributed by atoms with E-state index in [4.69, 9.17) is 4.74 Å². The second kappa shape index (κ2) is 85.2. The summed E-state index contributed by atoms with van der Waals surface area (Å²) in [5.74, 6) is -0.0467. The number of ether oxygens (including phenoxy) is 1. The van der Waals surface area contributed by atoms with Gasteiger partial charge in [0.25, 0.3) is 0 Å².